The third kappa shape index (κ3) is 4.90. The van der Waals surface area contributed by atoms with Gasteiger partial charge in [-0.2, -0.15) is 5.10 Å². The molecule has 9 nitrogen and oxygen atoms in total. The number of carbonyl (C=O) groups excluding carboxylic acids is 1. The van der Waals surface area contributed by atoms with Crippen molar-refractivity contribution in [2.45, 2.75) is 32.2 Å². The zero-order valence-electron chi connectivity index (χ0n) is 19.7. The fourth-order valence-corrected chi connectivity index (χ4v) is 5.83. The summed E-state index contributed by atoms with van der Waals surface area (Å²) in [6.07, 6.45) is 4.59. The molecule has 1 aromatic carbocycles. The van der Waals surface area contributed by atoms with Gasteiger partial charge in [0.25, 0.3) is 0 Å². The Labute approximate surface area is 214 Å². The lowest BCUT2D eigenvalue weighted by Gasteiger charge is -2.47. The van der Waals surface area contributed by atoms with Gasteiger partial charge in [-0.1, -0.05) is 29.3 Å². The van der Waals surface area contributed by atoms with Crippen LogP contribution in [0.1, 0.15) is 37.8 Å². The van der Waals surface area contributed by atoms with Gasteiger partial charge in [-0.3, -0.25) is 4.79 Å². The van der Waals surface area contributed by atoms with Crippen LogP contribution in [0.4, 0.5) is 11.6 Å². The van der Waals surface area contributed by atoms with Crippen LogP contribution in [-0.2, 0) is 4.79 Å². The summed E-state index contributed by atoms with van der Waals surface area (Å²) < 4.78 is 1.78. The van der Waals surface area contributed by atoms with Gasteiger partial charge in [0.2, 0.25) is 5.91 Å². The highest BCUT2D eigenvalue weighted by atomic mass is 35.5. The molecule has 5 rings (SSSR count). The zero-order chi connectivity index (χ0) is 24.7. The van der Waals surface area contributed by atoms with E-state index in [-0.39, 0.29) is 11.9 Å². The van der Waals surface area contributed by atoms with Crippen LogP contribution in [0.25, 0.3) is 11.2 Å². The average molecular weight is 517 g/mol. The number of halogens is 2. The number of nitrogen functional groups attached to an aromatic ring is 1. The molecule has 35 heavy (non-hydrogen) atoms. The molecule has 0 radical (unpaired) electrons. The Kier molecular flexibility index (Phi) is 6.74. The van der Waals surface area contributed by atoms with Crippen molar-refractivity contribution in [2.75, 3.05) is 43.4 Å². The summed E-state index contributed by atoms with van der Waals surface area (Å²) in [6.45, 7) is 6.71. The first-order valence-electron chi connectivity index (χ1n) is 12.0. The maximum absolute atomic E-state index is 11.1. The molecule has 0 unspecified atom stereocenters. The van der Waals surface area contributed by atoms with Gasteiger partial charge in [0.15, 0.2) is 17.0 Å². The number of hydrogen-bond acceptors (Lipinski definition) is 7. The molecule has 0 spiro atoms. The number of piperidine rings is 1. The van der Waals surface area contributed by atoms with E-state index in [0.717, 1.165) is 50.5 Å². The number of nitrogens with zero attached hydrogens (tertiary/aromatic N) is 6. The molecule has 2 aromatic heterocycles. The van der Waals surface area contributed by atoms with Crippen LogP contribution < -0.4 is 16.4 Å². The third-order valence-electron chi connectivity index (χ3n) is 7.31. The highest BCUT2D eigenvalue weighted by molar-refractivity contribution is 6.35. The number of primary amides is 1. The van der Waals surface area contributed by atoms with Crippen molar-refractivity contribution in [1.82, 2.24) is 24.6 Å². The lowest BCUT2D eigenvalue weighted by Crippen LogP contribution is -2.54. The number of anilines is 2. The van der Waals surface area contributed by atoms with Gasteiger partial charge in [-0.05, 0) is 55.8 Å². The van der Waals surface area contributed by atoms with E-state index in [1.165, 1.54) is 6.42 Å². The second kappa shape index (κ2) is 9.79. The van der Waals surface area contributed by atoms with Gasteiger partial charge >= 0.3 is 0 Å². The summed E-state index contributed by atoms with van der Waals surface area (Å²) >= 11 is 12.5. The number of hydrogen-bond donors (Lipinski definition) is 2. The quantitative estimate of drug-likeness (QED) is 0.493. The second-order valence-electron chi connectivity index (χ2n) is 9.66. The van der Waals surface area contributed by atoms with Gasteiger partial charge in [0, 0.05) is 42.6 Å². The first-order chi connectivity index (χ1) is 16.8. The molecule has 2 atom stereocenters. The minimum absolute atomic E-state index is 0.193. The molecule has 2 aliphatic rings. The molecule has 1 amide bonds. The molecule has 11 heteroatoms. The van der Waals surface area contributed by atoms with Crippen LogP contribution in [0.3, 0.4) is 0 Å². The molecule has 186 valence electrons. The summed E-state index contributed by atoms with van der Waals surface area (Å²) in [6, 6.07) is 5.24. The minimum Gasteiger partial charge on any atom is -0.380 e. The number of fused-ring (bicyclic) bond motifs is 1. The maximum Gasteiger partial charge on any atom is 0.218 e. The van der Waals surface area contributed by atoms with Crippen molar-refractivity contribution in [1.29, 1.82) is 0 Å². The number of likely N-dealkylation sites (tertiary alicyclic amines) is 1. The predicted octanol–water partition coefficient (Wildman–Crippen LogP) is 3.35. The van der Waals surface area contributed by atoms with E-state index in [1.807, 2.05) is 19.1 Å². The van der Waals surface area contributed by atoms with E-state index in [1.54, 1.807) is 16.9 Å². The number of carbonyl (C=O) groups is 1. The van der Waals surface area contributed by atoms with E-state index in [9.17, 15) is 4.79 Å². The summed E-state index contributed by atoms with van der Waals surface area (Å²) in [4.78, 5) is 25.3. The molecule has 2 saturated heterocycles. The molecule has 0 bridgehead atoms. The Bertz CT molecular complexity index is 1240. The number of benzene rings is 1. The highest BCUT2D eigenvalue weighted by Gasteiger charge is 2.36. The number of nitrogens with two attached hydrogens (primary N) is 2. The van der Waals surface area contributed by atoms with E-state index in [0.29, 0.717) is 45.3 Å². The van der Waals surface area contributed by atoms with Crippen LogP contribution in [-0.4, -0.2) is 63.3 Å². The van der Waals surface area contributed by atoms with Crippen molar-refractivity contribution in [3.05, 3.63) is 40.0 Å². The van der Waals surface area contributed by atoms with Gasteiger partial charge < -0.3 is 21.3 Å². The molecule has 4 N–H and O–H groups in total. The number of aromatic nitrogens is 4. The largest absolute Gasteiger partial charge is 0.380 e. The predicted molar refractivity (Wildman–Crippen MR) is 139 cm³/mol. The van der Waals surface area contributed by atoms with Gasteiger partial charge in [-0.15, -0.1) is 0 Å². The Balaban J connectivity index is 1.30. The molecule has 2 fully saturated rings. The lowest BCUT2D eigenvalue weighted by atomic mass is 9.80. The average Bonchev–Trinajstić information content (AvgIpc) is 3.12. The van der Waals surface area contributed by atoms with Gasteiger partial charge in [0.05, 0.1) is 12.2 Å². The van der Waals surface area contributed by atoms with Crippen LogP contribution in [0, 0.1) is 11.8 Å². The maximum atomic E-state index is 11.1. The SMILES string of the molecule is C[C@H](c1ccc(Cl)cc1Cl)n1nc(N)c2ncc(N3CC([C@H]4CCCN(CCC(N)=O)C4)C3)nc21. The van der Waals surface area contributed by atoms with E-state index >= 15 is 0 Å². The lowest BCUT2D eigenvalue weighted by molar-refractivity contribution is -0.118. The standard InChI is InChI=1S/C24H30Cl2N8O/c1-14(18-5-4-17(25)9-19(18)26)34-24-22(23(28)31-34)29-10-21(30-24)33-12-16(13-33)15-3-2-7-32(11-15)8-6-20(27)35/h4-5,9-10,14-16H,2-3,6-8,11-13H2,1H3,(H2,27,35)(H2,28,31)/t14-,15+/m1/s1. The Morgan fingerprint density at radius 1 is 1.23 bits per heavy atom. The number of rotatable bonds is 7. The summed E-state index contributed by atoms with van der Waals surface area (Å²) in [7, 11) is 0. The van der Waals surface area contributed by atoms with Crippen LogP contribution >= 0.6 is 23.2 Å². The van der Waals surface area contributed by atoms with Crippen LogP contribution in [0.5, 0.6) is 0 Å². The fraction of sp³-hybridized carbons (Fsp3) is 0.500. The van der Waals surface area contributed by atoms with Crippen molar-refractivity contribution in [2.24, 2.45) is 17.6 Å². The number of amides is 1. The summed E-state index contributed by atoms with van der Waals surface area (Å²) in [5.41, 5.74) is 13.6. The van der Waals surface area contributed by atoms with Crippen LogP contribution in [0.15, 0.2) is 24.4 Å². The van der Waals surface area contributed by atoms with Crippen molar-refractivity contribution >= 4 is 51.9 Å². The monoisotopic (exact) mass is 516 g/mol. The zero-order valence-corrected chi connectivity index (χ0v) is 21.2. The second-order valence-corrected chi connectivity index (χ2v) is 10.5. The van der Waals surface area contributed by atoms with Crippen molar-refractivity contribution in [3.63, 3.8) is 0 Å². The summed E-state index contributed by atoms with van der Waals surface area (Å²) in [5, 5.41) is 5.67. The topological polar surface area (TPSA) is 119 Å². The first-order valence-corrected chi connectivity index (χ1v) is 12.8. The smallest absolute Gasteiger partial charge is 0.218 e. The third-order valence-corrected chi connectivity index (χ3v) is 7.88. The normalized spacial score (nSPS) is 20.2. The summed E-state index contributed by atoms with van der Waals surface area (Å²) in [5.74, 6) is 2.16. The first kappa shape index (κ1) is 24.1. The Hall–Kier alpha value is -2.62. The highest BCUT2D eigenvalue weighted by Crippen LogP contribution is 2.35. The fourth-order valence-electron chi connectivity index (χ4n) is 5.26. The Morgan fingerprint density at radius 3 is 2.77 bits per heavy atom. The molecule has 3 aromatic rings. The molecule has 0 saturated carbocycles. The van der Waals surface area contributed by atoms with Gasteiger partial charge in [-0.25, -0.2) is 14.6 Å². The minimum atomic E-state index is -0.233. The van der Waals surface area contributed by atoms with E-state index in [2.05, 4.69) is 19.9 Å². The Morgan fingerprint density at radius 2 is 2.03 bits per heavy atom. The molecular weight excluding hydrogens is 487 g/mol. The van der Waals surface area contributed by atoms with Crippen LogP contribution in [0.2, 0.25) is 10.0 Å². The molecule has 4 heterocycles. The molecule has 2 aliphatic heterocycles. The van der Waals surface area contributed by atoms with E-state index < -0.39 is 0 Å². The van der Waals surface area contributed by atoms with Gasteiger partial charge in [0.1, 0.15) is 5.82 Å². The van der Waals surface area contributed by atoms with Crippen molar-refractivity contribution in [3.8, 4) is 0 Å². The van der Waals surface area contributed by atoms with E-state index in [4.69, 9.17) is 39.7 Å². The molecular formula is C24H30Cl2N8O. The van der Waals surface area contributed by atoms with Crippen molar-refractivity contribution < 1.29 is 4.79 Å². The molecule has 0 aliphatic carbocycles.